The quantitative estimate of drug-likeness (QED) is 0.660. The molecule has 0 spiro atoms. The normalized spacial score (nSPS) is 12.2. The van der Waals surface area contributed by atoms with Crippen molar-refractivity contribution in [1.29, 1.82) is 0 Å². The third-order valence-electron chi connectivity index (χ3n) is 3.04. The van der Waals surface area contributed by atoms with Crippen molar-refractivity contribution in [2.24, 2.45) is 0 Å². The molecule has 9 heteroatoms. The number of hydrogen-bond donors (Lipinski definition) is 2. The molecule has 25 heavy (non-hydrogen) atoms. The van der Waals surface area contributed by atoms with E-state index in [1.165, 1.54) is 13.2 Å². The zero-order valence-corrected chi connectivity index (χ0v) is 13.4. The zero-order chi connectivity index (χ0) is 19.0. The summed E-state index contributed by atoms with van der Waals surface area (Å²) in [6.45, 7) is 2.95. The van der Waals surface area contributed by atoms with Gasteiger partial charge in [0, 0.05) is 0 Å². The van der Waals surface area contributed by atoms with E-state index in [4.69, 9.17) is 14.6 Å². The molecule has 6 nitrogen and oxygen atoms in total. The number of carboxylic acids is 1. The number of carboxylic acid groups (broad SMARTS) is 1. The predicted molar refractivity (Wildman–Crippen MR) is 82.6 cm³/mol. The number of carbonyl (C=O) groups excluding carboxylic acids is 1. The van der Waals surface area contributed by atoms with Crippen LogP contribution in [0.1, 0.15) is 12.0 Å². The zero-order valence-electron chi connectivity index (χ0n) is 13.4. The van der Waals surface area contributed by atoms with Gasteiger partial charge in [-0.15, -0.1) is 6.58 Å². The molecule has 0 aliphatic rings. The number of alkyl halides is 3. The Balaban J connectivity index is 2.69. The fourth-order valence-corrected chi connectivity index (χ4v) is 1.94. The first-order valence-electron chi connectivity index (χ1n) is 7.15. The molecule has 0 heterocycles. The monoisotopic (exact) mass is 361 g/mol. The van der Waals surface area contributed by atoms with Gasteiger partial charge < -0.3 is 19.9 Å². The largest absolute Gasteiger partial charge is 0.493 e. The molecule has 1 aromatic rings. The van der Waals surface area contributed by atoms with E-state index < -0.39 is 37.1 Å². The van der Waals surface area contributed by atoms with Crippen LogP contribution in [-0.4, -0.2) is 42.9 Å². The highest BCUT2D eigenvalue weighted by Gasteiger charge is 2.36. The molecule has 1 atom stereocenters. The third kappa shape index (κ3) is 7.15. The van der Waals surface area contributed by atoms with Gasteiger partial charge in [0.15, 0.2) is 18.1 Å². The summed E-state index contributed by atoms with van der Waals surface area (Å²) in [6.07, 6.45) is -4.11. The van der Waals surface area contributed by atoms with Gasteiger partial charge >= 0.3 is 12.1 Å². The SMILES string of the molecule is C=CCc1ccc(OCC(=O)NC(CC(F)(F)F)C(=O)O)c(OC)c1. The average Bonchev–Trinajstić information content (AvgIpc) is 2.51. The topological polar surface area (TPSA) is 84.9 Å². The molecule has 2 N–H and O–H groups in total. The first-order chi connectivity index (χ1) is 11.7. The van der Waals surface area contributed by atoms with E-state index in [9.17, 15) is 22.8 Å². The number of halogens is 3. The van der Waals surface area contributed by atoms with E-state index >= 15 is 0 Å². The lowest BCUT2D eigenvalue weighted by Crippen LogP contribution is -2.45. The van der Waals surface area contributed by atoms with Crippen molar-refractivity contribution in [2.75, 3.05) is 13.7 Å². The van der Waals surface area contributed by atoms with Crippen molar-refractivity contribution < 1.29 is 37.3 Å². The molecular formula is C16H18F3NO5. The minimum Gasteiger partial charge on any atom is -0.493 e. The van der Waals surface area contributed by atoms with E-state index in [1.807, 2.05) is 0 Å². The third-order valence-corrected chi connectivity index (χ3v) is 3.04. The summed E-state index contributed by atoms with van der Waals surface area (Å²) in [5.74, 6) is -2.24. The molecule has 1 rings (SSSR count). The number of benzene rings is 1. The van der Waals surface area contributed by atoms with E-state index in [-0.39, 0.29) is 5.75 Å². The highest BCUT2D eigenvalue weighted by Crippen LogP contribution is 2.28. The fourth-order valence-electron chi connectivity index (χ4n) is 1.94. The van der Waals surface area contributed by atoms with E-state index in [1.54, 1.807) is 23.5 Å². The highest BCUT2D eigenvalue weighted by atomic mass is 19.4. The Bertz CT molecular complexity index is 631. The summed E-state index contributed by atoms with van der Waals surface area (Å²) in [7, 11) is 1.39. The first-order valence-corrected chi connectivity index (χ1v) is 7.15. The minimum atomic E-state index is -4.72. The van der Waals surface area contributed by atoms with Crippen molar-refractivity contribution in [1.82, 2.24) is 5.32 Å². The Morgan fingerprint density at radius 1 is 1.36 bits per heavy atom. The van der Waals surface area contributed by atoms with Gasteiger partial charge in [-0.2, -0.15) is 13.2 Å². The molecule has 0 saturated carbocycles. The maximum atomic E-state index is 12.3. The number of rotatable bonds is 9. The van der Waals surface area contributed by atoms with Gasteiger partial charge in [-0.3, -0.25) is 4.79 Å². The molecule has 0 aromatic heterocycles. The molecule has 0 aliphatic heterocycles. The Hall–Kier alpha value is -2.71. The summed E-state index contributed by atoms with van der Waals surface area (Å²) in [4.78, 5) is 22.5. The van der Waals surface area contributed by atoms with Crippen LogP contribution in [0, 0.1) is 0 Å². The molecular weight excluding hydrogens is 343 g/mol. The Labute approximate surface area is 142 Å². The summed E-state index contributed by atoms with van der Waals surface area (Å²) >= 11 is 0. The second kappa shape index (κ2) is 8.95. The van der Waals surface area contributed by atoms with Crippen molar-refractivity contribution >= 4 is 11.9 Å². The lowest BCUT2D eigenvalue weighted by Gasteiger charge is -2.17. The van der Waals surface area contributed by atoms with Gasteiger partial charge in [-0.05, 0) is 24.1 Å². The van der Waals surface area contributed by atoms with Gasteiger partial charge in [0.2, 0.25) is 0 Å². The van der Waals surface area contributed by atoms with Crippen molar-refractivity contribution in [3.63, 3.8) is 0 Å². The van der Waals surface area contributed by atoms with Crippen molar-refractivity contribution in [3.8, 4) is 11.5 Å². The highest BCUT2D eigenvalue weighted by molar-refractivity contribution is 5.84. The average molecular weight is 361 g/mol. The molecule has 0 radical (unpaired) electrons. The van der Waals surface area contributed by atoms with Crippen LogP contribution >= 0.6 is 0 Å². The number of carbonyl (C=O) groups is 2. The lowest BCUT2D eigenvalue weighted by atomic mass is 10.1. The summed E-state index contributed by atoms with van der Waals surface area (Å²) in [5.41, 5.74) is 0.889. The predicted octanol–water partition coefficient (Wildman–Crippen LogP) is 2.32. The number of allylic oxidation sites excluding steroid dienone is 1. The van der Waals surface area contributed by atoms with Gasteiger partial charge in [-0.25, -0.2) is 4.79 Å². The van der Waals surface area contributed by atoms with Gasteiger partial charge in [0.1, 0.15) is 6.04 Å². The summed E-state index contributed by atoms with van der Waals surface area (Å²) in [6, 6.07) is 2.84. The number of methoxy groups -OCH3 is 1. The number of nitrogens with one attached hydrogen (secondary N) is 1. The molecule has 1 unspecified atom stereocenters. The first kappa shape index (κ1) is 20.3. The number of hydrogen-bond acceptors (Lipinski definition) is 4. The number of aliphatic carboxylic acids is 1. The number of ether oxygens (including phenoxy) is 2. The van der Waals surface area contributed by atoms with Crippen LogP contribution in [0.5, 0.6) is 11.5 Å². The fraction of sp³-hybridized carbons (Fsp3) is 0.375. The molecule has 138 valence electrons. The minimum absolute atomic E-state index is 0.202. The van der Waals surface area contributed by atoms with Gasteiger partial charge in [0.05, 0.1) is 13.5 Å². The maximum absolute atomic E-state index is 12.3. The standard InChI is InChI=1S/C16H18F3NO5/c1-3-4-10-5-6-12(13(7-10)24-2)25-9-14(21)20-11(15(22)23)8-16(17,18)19/h3,5-7,11H,1,4,8-9H2,2H3,(H,20,21)(H,22,23). The Morgan fingerprint density at radius 3 is 2.56 bits per heavy atom. The molecule has 1 amide bonds. The summed E-state index contributed by atoms with van der Waals surface area (Å²) in [5, 5.41) is 10.5. The van der Waals surface area contributed by atoms with Crippen LogP contribution in [0.2, 0.25) is 0 Å². The van der Waals surface area contributed by atoms with Crippen LogP contribution in [0.3, 0.4) is 0 Å². The van der Waals surface area contributed by atoms with Crippen molar-refractivity contribution in [3.05, 3.63) is 36.4 Å². The maximum Gasteiger partial charge on any atom is 0.391 e. The van der Waals surface area contributed by atoms with Crippen LogP contribution in [-0.2, 0) is 16.0 Å². The number of amides is 1. The van der Waals surface area contributed by atoms with E-state index in [0.29, 0.717) is 12.2 Å². The smallest absolute Gasteiger partial charge is 0.391 e. The van der Waals surface area contributed by atoms with E-state index in [2.05, 4.69) is 6.58 Å². The molecule has 1 aromatic carbocycles. The van der Waals surface area contributed by atoms with Crippen LogP contribution in [0.15, 0.2) is 30.9 Å². The van der Waals surface area contributed by atoms with Gasteiger partial charge in [0.25, 0.3) is 5.91 Å². The second-order valence-electron chi connectivity index (χ2n) is 5.04. The van der Waals surface area contributed by atoms with E-state index in [0.717, 1.165) is 5.56 Å². The summed E-state index contributed by atoms with van der Waals surface area (Å²) < 4.78 is 47.2. The van der Waals surface area contributed by atoms with Crippen LogP contribution in [0.25, 0.3) is 0 Å². The van der Waals surface area contributed by atoms with Gasteiger partial charge in [-0.1, -0.05) is 12.1 Å². The molecule has 0 fully saturated rings. The second-order valence-corrected chi connectivity index (χ2v) is 5.04. The Kier molecular flexibility index (Phi) is 7.28. The van der Waals surface area contributed by atoms with Crippen molar-refractivity contribution in [2.45, 2.75) is 25.1 Å². The van der Waals surface area contributed by atoms with Crippen LogP contribution < -0.4 is 14.8 Å². The Morgan fingerprint density at radius 2 is 2.04 bits per heavy atom. The lowest BCUT2D eigenvalue weighted by molar-refractivity contribution is -0.160. The molecule has 0 bridgehead atoms. The molecule has 0 saturated heterocycles. The van der Waals surface area contributed by atoms with Crippen LogP contribution in [0.4, 0.5) is 13.2 Å². The molecule has 0 aliphatic carbocycles.